The Morgan fingerprint density at radius 1 is 0.545 bits per heavy atom. The predicted molar refractivity (Wildman–Crippen MR) is 45.3 cm³/mol. The first kappa shape index (κ1) is 20.8. The largest absolute Gasteiger partial charge is 0.459 e. The fraction of sp³-hybridized carbons (Fsp3) is 0.778. The Kier molecular flexibility index (Phi) is 4.91. The average molecular weight is 360 g/mol. The van der Waals surface area contributed by atoms with Crippen LogP contribution in [0.5, 0.6) is 0 Å². The highest BCUT2D eigenvalue weighted by Crippen LogP contribution is 2.66. The Balaban J connectivity index is 6.75. The Morgan fingerprint density at radius 3 is 1.05 bits per heavy atom. The van der Waals surface area contributed by atoms with Gasteiger partial charge in [-0.05, 0) is 6.42 Å². The molecule has 0 nitrogen and oxygen atoms in total. The van der Waals surface area contributed by atoms with E-state index in [1.54, 1.807) is 0 Å². The highest BCUT2D eigenvalue weighted by Gasteiger charge is 2.91. The molecule has 0 saturated heterocycles. The number of halogens is 13. The first-order chi connectivity index (χ1) is 9.31. The highest BCUT2D eigenvalue weighted by atomic mass is 19.4. The average Bonchev–Trinajstić information content (AvgIpc) is 2.19. The lowest BCUT2D eigenvalue weighted by atomic mass is 9.73. The van der Waals surface area contributed by atoms with Gasteiger partial charge in [0.2, 0.25) is 5.41 Å². The molecule has 0 heterocycles. The van der Waals surface area contributed by atoms with Crippen LogP contribution in [0.4, 0.5) is 57.1 Å². The van der Waals surface area contributed by atoms with E-state index >= 15 is 0 Å². The molecule has 0 aliphatic heterocycles. The van der Waals surface area contributed by atoms with Gasteiger partial charge in [-0.1, -0.05) is 6.08 Å². The molecular weight excluding hydrogens is 355 g/mol. The van der Waals surface area contributed by atoms with E-state index in [2.05, 4.69) is 6.58 Å². The second-order valence-corrected chi connectivity index (χ2v) is 4.04. The summed E-state index contributed by atoms with van der Waals surface area (Å²) >= 11 is 0. The van der Waals surface area contributed by atoms with E-state index in [0.29, 0.717) is 0 Å². The van der Waals surface area contributed by atoms with E-state index < -0.39 is 48.3 Å². The van der Waals surface area contributed by atoms with Crippen molar-refractivity contribution in [1.29, 1.82) is 0 Å². The lowest BCUT2D eigenvalue weighted by Crippen LogP contribution is -2.70. The molecule has 0 unspecified atom stereocenters. The van der Waals surface area contributed by atoms with Crippen LogP contribution in [0.2, 0.25) is 0 Å². The zero-order chi connectivity index (χ0) is 18.4. The van der Waals surface area contributed by atoms with Crippen molar-refractivity contribution in [3.63, 3.8) is 0 Å². The number of alkyl halides is 13. The molecule has 0 atom stereocenters. The van der Waals surface area contributed by atoms with Crippen LogP contribution in [0.1, 0.15) is 6.42 Å². The van der Waals surface area contributed by atoms with Gasteiger partial charge in [-0.25, -0.2) is 0 Å². The third kappa shape index (κ3) is 2.62. The molecule has 0 aliphatic carbocycles. The first-order valence-electron chi connectivity index (χ1n) is 4.88. The minimum Gasteiger partial charge on any atom is -0.198 e. The van der Waals surface area contributed by atoms with Gasteiger partial charge < -0.3 is 0 Å². The third-order valence-electron chi connectivity index (χ3n) is 2.70. The van der Waals surface area contributed by atoms with Crippen LogP contribution >= 0.6 is 0 Å². The van der Waals surface area contributed by atoms with Crippen LogP contribution < -0.4 is 0 Å². The summed E-state index contributed by atoms with van der Waals surface area (Å²) in [6.07, 6.45) is -25.1. The molecule has 0 spiro atoms. The molecule has 13 heteroatoms. The van der Waals surface area contributed by atoms with Gasteiger partial charge in [-0.2, -0.15) is 57.1 Å². The molecule has 0 aromatic rings. The second-order valence-electron chi connectivity index (χ2n) is 4.04. The quantitative estimate of drug-likeness (QED) is 0.458. The third-order valence-corrected chi connectivity index (χ3v) is 2.70. The monoisotopic (exact) mass is 360 g/mol. The Bertz CT molecular complexity index is 393. The van der Waals surface area contributed by atoms with Crippen LogP contribution in [-0.2, 0) is 0 Å². The summed E-state index contributed by atoms with van der Waals surface area (Å²) in [5, 5.41) is 0. The fourth-order valence-corrected chi connectivity index (χ4v) is 1.54. The summed E-state index contributed by atoms with van der Waals surface area (Å²) in [4.78, 5) is 0. The van der Waals surface area contributed by atoms with Crippen molar-refractivity contribution in [1.82, 2.24) is 0 Å². The highest BCUT2D eigenvalue weighted by molar-refractivity contribution is 5.12. The smallest absolute Gasteiger partial charge is 0.198 e. The van der Waals surface area contributed by atoms with Gasteiger partial charge in [0.1, 0.15) is 0 Å². The zero-order valence-electron chi connectivity index (χ0n) is 9.91. The summed E-state index contributed by atoms with van der Waals surface area (Å²) in [5.41, 5.74) is -6.66. The molecule has 0 saturated carbocycles. The molecule has 0 amide bonds. The molecule has 0 aliphatic rings. The Hall–Kier alpha value is -1.17. The molecule has 0 rings (SSSR count). The SMILES string of the molecule is C=CCC(C(F)(F)F)(C(F)(F)F)C(F)(F)C(F)(F)C(F)(F)F. The molecular formula is C9H5F13. The van der Waals surface area contributed by atoms with Crippen molar-refractivity contribution in [3.05, 3.63) is 12.7 Å². The van der Waals surface area contributed by atoms with Crippen LogP contribution in [0.3, 0.4) is 0 Å². The molecule has 0 N–H and O–H groups in total. The number of rotatable bonds is 4. The zero-order valence-corrected chi connectivity index (χ0v) is 9.91. The Labute approximate surface area is 113 Å². The van der Waals surface area contributed by atoms with Crippen LogP contribution in [0.15, 0.2) is 12.7 Å². The van der Waals surface area contributed by atoms with Gasteiger partial charge in [-0.3, -0.25) is 0 Å². The molecule has 0 aromatic carbocycles. The maximum Gasteiger partial charge on any atom is 0.459 e. The van der Waals surface area contributed by atoms with Gasteiger partial charge >= 0.3 is 30.4 Å². The van der Waals surface area contributed by atoms with Crippen molar-refractivity contribution in [2.24, 2.45) is 5.41 Å². The molecule has 0 bridgehead atoms. The number of allylic oxidation sites excluding steroid dienone is 1. The predicted octanol–water partition coefficient (Wildman–Crippen LogP) is 5.51. The summed E-state index contributed by atoms with van der Waals surface area (Å²) < 4.78 is 163. The van der Waals surface area contributed by atoms with Crippen molar-refractivity contribution in [2.75, 3.05) is 0 Å². The standard InChI is InChI=1S/C9H5F13/c1-2-3-4(7(14,15)16,8(17,18)19)5(10,11)6(12,13)9(20,21)22/h2H,1,3H2. The van der Waals surface area contributed by atoms with E-state index in [-0.39, 0.29) is 0 Å². The van der Waals surface area contributed by atoms with Gasteiger partial charge in [0, 0.05) is 0 Å². The second kappa shape index (κ2) is 5.18. The summed E-state index contributed by atoms with van der Waals surface area (Å²) in [6, 6.07) is 0. The van der Waals surface area contributed by atoms with E-state index in [1.807, 2.05) is 0 Å². The minimum absolute atomic E-state index is 0.471. The van der Waals surface area contributed by atoms with E-state index in [4.69, 9.17) is 0 Å². The number of hydrogen-bond acceptors (Lipinski definition) is 0. The Morgan fingerprint density at radius 2 is 0.864 bits per heavy atom. The molecule has 22 heavy (non-hydrogen) atoms. The van der Waals surface area contributed by atoms with Crippen molar-refractivity contribution >= 4 is 0 Å². The normalized spacial score (nSPS) is 15.9. The number of hydrogen-bond donors (Lipinski definition) is 0. The van der Waals surface area contributed by atoms with Crippen LogP contribution in [0, 0.1) is 5.41 Å². The van der Waals surface area contributed by atoms with E-state index in [1.165, 1.54) is 0 Å². The van der Waals surface area contributed by atoms with Gasteiger partial charge in [0.05, 0.1) is 0 Å². The molecule has 0 aromatic heterocycles. The van der Waals surface area contributed by atoms with Gasteiger partial charge in [0.25, 0.3) is 0 Å². The fourth-order valence-electron chi connectivity index (χ4n) is 1.54. The lowest BCUT2D eigenvalue weighted by molar-refractivity contribution is -0.459. The van der Waals surface area contributed by atoms with Crippen LogP contribution in [0.25, 0.3) is 0 Å². The molecule has 132 valence electrons. The van der Waals surface area contributed by atoms with E-state index in [0.717, 1.165) is 0 Å². The summed E-state index contributed by atoms with van der Waals surface area (Å²) in [5.74, 6) is -15.2. The summed E-state index contributed by atoms with van der Waals surface area (Å²) in [7, 11) is 0. The lowest BCUT2D eigenvalue weighted by Gasteiger charge is -2.44. The molecule has 0 fully saturated rings. The molecule has 0 radical (unpaired) electrons. The summed E-state index contributed by atoms with van der Waals surface area (Å²) in [6.45, 7) is 2.27. The topological polar surface area (TPSA) is 0 Å². The van der Waals surface area contributed by atoms with Gasteiger partial charge in [0.15, 0.2) is 0 Å². The van der Waals surface area contributed by atoms with Crippen molar-refractivity contribution in [2.45, 2.75) is 36.8 Å². The van der Waals surface area contributed by atoms with Gasteiger partial charge in [-0.15, -0.1) is 6.58 Å². The van der Waals surface area contributed by atoms with Crippen LogP contribution in [-0.4, -0.2) is 30.4 Å². The van der Waals surface area contributed by atoms with E-state index in [9.17, 15) is 57.1 Å². The van der Waals surface area contributed by atoms with Crippen molar-refractivity contribution < 1.29 is 57.1 Å². The minimum atomic E-state index is -7.59. The first-order valence-corrected chi connectivity index (χ1v) is 4.88. The maximum absolute atomic E-state index is 13.2. The van der Waals surface area contributed by atoms with Crippen molar-refractivity contribution in [3.8, 4) is 0 Å². The maximum atomic E-state index is 13.2.